The molecule has 2 aromatic rings. The summed E-state index contributed by atoms with van der Waals surface area (Å²) < 4.78 is 15.7. The minimum atomic E-state index is -0.274. The molecule has 1 aromatic heterocycles. The third kappa shape index (κ3) is 2.91. The van der Waals surface area contributed by atoms with Gasteiger partial charge in [0.15, 0.2) is 0 Å². The lowest BCUT2D eigenvalue weighted by Crippen LogP contribution is -2.16. The fourth-order valence-electron chi connectivity index (χ4n) is 1.71. The van der Waals surface area contributed by atoms with Gasteiger partial charge < -0.3 is 19.7 Å². The molecular formula is C14H19N3O3. The minimum Gasteiger partial charge on any atom is -0.497 e. The Balaban J connectivity index is 2.36. The Labute approximate surface area is 117 Å². The Morgan fingerprint density at radius 3 is 2.20 bits per heavy atom. The first kappa shape index (κ1) is 14.3. The van der Waals surface area contributed by atoms with E-state index in [1.807, 2.05) is 26.0 Å². The van der Waals surface area contributed by atoms with Crippen LogP contribution in [-0.4, -0.2) is 24.4 Å². The molecule has 0 aliphatic carbocycles. The van der Waals surface area contributed by atoms with Crippen molar-refractivity contribution >= 4 is 0 Å². The number of nitrogens with zero attached hydrogens (tertiary/aromatic N) is 2. The predicted octanol–water partition coefficient (Wildman–Crippen LogP) is 2.41. The first-order valence-corrected chi connectivity index (χ1v) is 6.37. The van der Waals surface area contributed by atoms with Crippen molar-refractivity contribution in [3.63, 3.8) is 0 Å². The highest BCUT2D eigenvalue weighted by Gasteiger charge is 2.19. The fraction of sp³-hybridized carbons (Fsp3) is 0.429. The zero-order valence-corrected chi connectivity index (χ0v) is 12.1. The van der Waals surface area contributed by atoms with Crippen molar-refractivity contribution in [2.45, 2.75) is 19.9 Å². The van der Waals surface area contributed by atoms with Crippen LogP contribution >= 0.6 is 0 Å². The molecule has 0 radical (unpaired) electrons. The van der Waals surface area contributed by atoms with Gasteiger partial charge in [0.1, 0.15) is 11.5 Å². The first-order valence-electron chi connectivity index (χ1n) is 6.37. The van der Waals surface area contributed by atoms with E-state index in [1.165, 1.54) is 0 Å². The molecule has 20 heavy (non-hydrogen) atoms. The highest BCUT2D eigenvalue weighted by molar-refractivity contribution is 5.60. The van der Waals surface area contributed by atoms with Gasteiger partial charge in [0.25, 0.3) is 0 Å². The van der Waals surface area contributed by atoms with Crippen molar-refractivity contribution in [2.75, 3.05) is 14.2 Å². The Morgan fingerprint density at radius 2 is 1.70 bits per heavy atom. The van der Waals surface area contributed by atoms with Crippen molar-refractivity contribution < 1.29 is 14.0 Å². The van der Waals surface area contributed by atoms with Gasteiger partial charge in [-0.05, 0) is 18.1 Å². The van der Waals surface area contributed by atoms with Crippen LogP contribution in [0.25, 0.3) is 11.4 Å². The van der Waals surface area contributed by atoms with E-state index >= 15 is 0 Å². The molecule has 0 bridgehead atoms. The molecule has 0 fully saturated rings. The molecule has 1 aromatic carbocycles. The standard InChI is InChI=1S/C14H19N3O3/c1-8(2)12(15)14-16-13(17-20-14)9-5-10(18-3)7-11(6-9)19-4/h5-8,12H,15H2,1-4H3. The van der Waals surface area contributed by atoms with E-state index in [9.17, 15) is 0 Å². The van der Waals surface area contributed by atoms with Crippen LogP contribution in [0.2, 0.25) is 0 Å². The van der Waals surface area contributed by atoms with Crippen molar-refractivity contribution in [1.82, 2.24) is 10.1 Å². The Hall–Kier alpha value is -2.08. The molecule has 0 saturated heterocycles. The Bertz CT molecular complexity index is 559. The van der Waals surface area contributed by atoms with Crippen LogP contribution in [0.4, 0.5) is 0 Å². The molecule has 0 aliphatic heterocycles. The molecule has 0 amide bonds. The summed E-state index contributed by atoms with van der Waals surface area (Å²) in [6.45, 7) is 4.01. The SMILES string of the molecule is COc1cc(OC)cc(-c2noc(C(N)C(C)C)n2)c1. The largest absolute Gasteiger partial charge is 0.497 e. The number of benzene rings is 1. The minimum absolute atomic E-state index is 0.225. The van der Waals surface area contributed by atoms with E-state index in [0.717, 1.165) is 5.56 Å². The van der Waals surface area contributed by atoms with Crippen LogP contribution in [0.1, 0.15) is 25.8 Å². The molecule has 1 unspecified atom stereocenters. The second-order valence-corrected chi connectivity index (χ2v) is 4.83. The molecule has 2 N–H and O–H groups in total. The summed E-state index contributed by atoms with van der Waals surface area (Å²) in [4.78, 5) is 4.34. The van der Waals surface area contributed by atoms with Gasteiger partial charge in [0.2, 0.25) is 11.7 Å². The number of ether oxygens (including phenoxy) is 2. The van der Waals surface area contributed by atoms with E-state index in [-0.39, 0.29) is 12.0 Å². The fourth-order valence-corrected chi connectivity index (χ4v) is 1.71. The van der Waals surface area contributed by atoms with Gasteiger partial charge in [0, 0.05) is 11.6 Å². The molecule has 1 atom stereocenters. The van der Waals surface area contributed by atoms with Gasteiger partial charge in [-0.15, -0.1) is 0 Å². The van der Waals surface area contributed by atoms with Crippen LogP contribution in [-0.2, 0) is 0 Å². The van der Waals surface area contributed by atoms with Crippen LogP contribution in [0.5, 0.6) is 11.5 Å². The van der Waals surface area contributed by atoms with Gasteiger partial charge in [0.05, 0.1) is 20.3 Å². The van der Waals surface area contributed by atoms with Gasteiger partial charge in [-0.2, -0.15) is 4.98 Å². The van der Waals surface area contributed by atoms with Crippen molar-refractivity contribution in [1.29, 1.82) is 0 Å². The number of hydrogen-bond donors (Lipinski definition) is 1. The first-order chi connectivity index (χ1) is 9.55. The van der Waals surface area contributed by atoms with Crippen LogP contribution in [0, 0.1) is 5.92 Å². The average molecular weight is 277 g/mol. The summed E-state index contributed by atoms with van der Waals surface area (Å²) >= 11 is 0. The third-order valence-corrected chi connectivity index (χ3v) is 3.05. The normalized spacial score (nSPS) is 12.5. The maximum Gasteiger partial charge on any atom is 0.244 e. The zero-order valence-electron chi connectivity index (χ0n) is 12.1. The van der Waals surface area contributed by atoms with Crippen LogP contribution < -0.4 is 15.2 Å². The maximum absolute atomic E-state index is 6.00. The highest BCUT2D eigenvalue weighted by Crippen LogP contribution is 2.29. The summed E-state index contributed by atoms with van der Waals surface area (Å²) in [5, 5.41) is 3.96. The summed E-state index contributed by atoms with van der Waals surface area (Å²) in [5.41, 5.74) is 6.75. The van der Waals surface area contributed by atoms with E-state index in [0.29, 0.717) is 23.2 Å². The van der Waals surface area contributed by atoms with Crippen molar-refractivity contribution in [3.05, 3.63) is 24.1 Å². The second kappa shape index (κ2) is 5.92. The molecule has 0 saturated carbocycles. The van der Waals surface area contributed by atoms with Crippen molar-refractivity contribution in [2.24, 2.45) is 11.7 Å². The van der Waals surface area contributed by atoms with E-state index in [2.05, 4.69) is 10.1 Å². The zero-order chi connectivity index (χ0) is 14.7. The monoisotopic (exact) mass is 277 g/mol. The number of rotatable bonds is 5. The van der Waals surface area contributed by atoms with Gasteiger partial charge in [-0.1, -0.05) is 19.0 Å². The van der Waals surface area contributed by atoms with Gasteiger partial charge >= 0.3 is 0 Å². The molecule has 1 heterocycles. The summed E-state index contributed by atoms with van der Waals surface area (Å²) in [5.74, 6) is 2.45. The predicted molar refractivity (Wildman–Crippen MR) is 74.6 cm³/mol. The van der Waals surface area contributed by atoms with E-state index in [4.69, 9.17) is 19.7 Å². The lowest BCUT2D eigenvalue weighted by Gasteiger charge is -2.09. The summed E-state index contributed by atoms with van der Waals surface area (Å²) in [6.07, 6.45) is 0. The molecule has 108 valence electrons. The lowest BCUT2D eigenvalue weighted by molar-refractivity contribution is 0.325. The van der Waals surface area contributed by atoms with Crippen LogP contribution in [0.15, 0.2) is 22.7 Å². The Morgan fingerprint density at radius 1 is 1.10 bits per heavy atom. The maximum atomic E-state index is 6.00. The van der Waals surface area contributed by atoms with E-state index < -0.39 is 0 Å². The Kier molecular flexibility index (Phi) is 4.24. The molecule has 0 aliphatic rings. The van der Waals surface area contributed by atoms with Gasteiger partial charge in [-0.25, -0.2) is 0 Å². The average Bonchev–Trinajstić information content (AvgIpc) is 2.95. The van der Waals surface area contributed by atoms with Crippen molar-refractivity contribution in [3.8, 4) is 22.9 Å². The second-order valence-electron chi connectivity index (χ2n) is 4.83. The molecule has 6 nitrogen and oxygen atoms in total. The van der Waals surface area contributed by atoms with E-state index in [1.54, 1.807) is 20.3 Å². The number of hydrogen-bond acceptors (Lipinski definition) is 6. The lowest BCUT2D eigenvalue weighted by atomic mass is 10.1. The molecular weight excluding hydrogens is 258 g/mol. The van der Waals surface area contributed by atoms with Crippen LogP contribution in [0.3, 0.4) is 0 Å². The highest BCUT2D eigenvalue weighted by atomic mass is 16.5. The summed E-state index contributed by atoms with van der Waals surface area (Å²) in [6, 6.07) is 5.14. The topological polar surface area (TPSA) is 83.4 Å². The summed E-state index contributed by atoms with van der Waals surface area (Å²) in [7, 11) is 3.18. The molecule has 0 spiro atoms. The van der Waals surface area contributed by atoms with Gasteiger partial charge in [-0.3, -0.25) is 0 Å². The quantitative estimate of drug-likeness (QED) is 0.903. The molecule has 6 heteroatoms. The number of nitrogens with two attached hydrogens (primary N) is 1. The number of methoxy groups -OCH3 is 2. The third-order valence-electron chi connectivity index (χ3n) is 3.05. The smallest absolute Gasteiger partial charge is 0.244 e. The number of aromatic nitrogens is 2. The molecule has 2 rings (SSSR count).